The molecule has 1 amide bonds. The Hall–Kier alpha value is -1.90. The van der Waals surface area contributed by atoms with E-state index in [0.717, 1.165) is 19.3 Å². The van der Waals surface area contributed by atoms with Crippen LogP contribution in [-0.4, -0.2) is 35.9 Å². The molecule has 0 aliphatic carbocycles. The topological polar surface area (TPSA) is 58.6 Å². The lowest BCUT2D eigenvalue weighted by Crippen LogP contribution is -2.41. The van der Waals surface area contributed by atoms with Gasteiger partial charge in [-0.2, -0.15) is 0 Å². The Morgan fingerprint density at radius 2 is 2.33 bits per heavy atom. The molecule has 2 bridgehead atoms. The van der Waals surface area contributed by atoms with E-state index in [0.29, 0.717) is 5.56 Å². The zero-order chi connectivity index (χ0) is 14.8. The number of halogens is 1. The van der Waals surface area contributed by atoms with Crippen molar-refractivity contribution in [3.63, 3.8) is 0 Å². The van der Waals surface area contributed by atoms with Crippen molar-refractivity contribution in [2.24, 2.45) is 0 Å². The summed E-state index contributed by atoms with van der Waals surface area (Å²) in [5.41, 5.74) is 0.603. The molecule has 0 radical (unpaired) electrons. The van der Waals surface area contributed by atoms with E-state index in [9.17, 15) is 9.18 Å². The Bertz CT molecular complexity index is 620. The molecule has 110 valence electrons. The smallest absolute Gasteiger partial charge is 0.252 e. The molecule has 3 atom stereocenters. The molecule has 0 spiro atoms. The van der Waals surface area contributed by atoms with E-state index in [4.69, 9.17) is 9.84 Å². The van der Waals surface area contributed by atoms with Crippen molar-refractivity contribution in [1.29, 1.82) is 0 Å². The molecular weight excluding hydrogens is 273 g/mol. The van der Waals surface area contributed by atoms with Crippen LogP contribution in [-0.2, 0) is 4.74 Å². The standard InChI is InChI=1S/C16H16FNO3/c17-11-3-5-13(10(8-11)2-1-7-19)16(20)18-14-9-12-4-6-15(14)21-12/h3,5,8,12,14-15,19H,4,6-7,9H2,(H,18,20). The lowest BCUT2D eigenvalue weighted by molar-refractivity contribution is 0.0840. The number of aliphatic hydroxyl groups is 1. The van der Waals surface area contributed by atoms with Crippen LogP contribution in [0.1, 0.15) is 35.2 Å². The van der Waals surface area contributed by atoms with Crippen molar-refractivity contribution in [3.8, 4) is 11.8 Å². The number of carbonyl (C=O) groups is 1. The van der Waals surface area contributed by atoms with Crippen LogP contribution in [0.3, 0.4) is 0 Å². The predicted molar refractivity (Wildman–Crippen MR) is 74.1 cm³/mol. The summed E-state index contributed by atoms with van der Waals surface area (Å²) in [6, 6.07) is 3.87. The van der Waals surface area contributed by atoms with Crippen LogP contribution in [0, 0.1) is 17.7 Å². The van der Waals surface area contributed by atoms with Crippen LogP contribution in [0.5, 0.6) is 0 Å². The zero-order valence-corrected chi connectivity index (χ0v) is 11.4. The third kappa shape index (κ3) is 2.92. The average molecular weight is 289 g/mol. The van der Waals surface area contributed by atoms with Crippen molar-refractivity contribution >= 4 is 5.91 Å². The van der Waals surface area contributed by atoms with Gasteiger partial charge in [-0.1, -0.05) is 11.8 Å². The largest absolute Gasteiger partial charge is 0.384 e. The molecule has 4 nitrogen and oxygen atoms in total. The third-order valence-electron chi connectivity index (χ3n) is 3.95. The molecule has 2 saturated heterocycles. The van der Waals surface area contributed by atoms with Crippen molar-refractivity contribution in [2.75, 3.05) is 6.61 Å². The number of hydrogen-bond donors (Lipinski definition) is 2. The van der Waals surface area contributed by atoms with Crippen LogP contribution in [0.2, 0.25) is 0 Å². The Morgan fingerprint density at radius 1 is 1.48 bits per heavy atom. The second kappa shape index (κ2) is 5.84. The fourth-order valence-electron chi connectivity index (χ4n) is 2.99. The lowest BCUT2D eigenvalue weighted by atomic mass is 9.95. The summed E-state index contributed by atoms with van der Waals surface area (Å²) in [4.78, 5) is 12.4. The number of aliphatic hydroxyl groups excluding tert-OH is 1. The Labute approximate surface area is 122 Å². The minimum atomic E-state index is -0.461. The predicted octanol–water partition coefficient (Wildman–Crippen LogP) is 1.22. The quantitative estimate of drug-likeness (QED) is 0.805. The second-order valence-electron chi connectivity index (χ2n) is 5.34. The van der Waals surface area contributed by atoms with E-state index >= 15 is 0 Å². The molecular formula is C16H16FNO3. The van der Waals surface area contributed by atoms with Gasteiger partial charge in [0.25, 0.3) is 5.91 Å². The summed E-state index contributed by atoms with van der Waals surface area (Å²) in [5.74, 6) is 4.31. The van der Waals surface area contributed by atoms with Gasteiger partial charge in [0.2, 0.25) is 0 Å². The maximum atomic E-state index is 13.3. The van der Waals surface area contributed by atoms with Crippen LogP contribution in [0.25, 0.3) is 0 Å². The van der Waals surface area contributed by atoms with Gasteiger partial charge < -0.3 is 15.2 Å². The van der Waals surface area contributed by atoms with Gasteiger partial charge in [0.05, 0.1) is 23.8 Å². The number of amides is 1. The molecule has 2 aliphatic heterocycles. The number of carbonyl (C=O) groups excluding carboxylic acids is 1. The maximum Gasteiger partial charge on any atom is 0.252 e. The van der Waals surface area contributed by atoms with Crippen LogP contribution in [0.15, 0.2) is 18.2 Å². The second-order valence-corrected chi connectivity index (χ2v) is 5.34. The van der Waals surface area contributed by atoms with E-state index in [1.807, 2.05) is 0 Å². The van der Waals surface area contributed by atoms with Gasteiger partial charge in [0.1, 0.15) is 12.4 Å². The van der Waals surface area contributed by atoms with Gasteiger partial charge in [-0.15, -0.1) is 0 Å². The monoisotopic (exact) mass is 289 g/mol. The highest BCUT2D eigenvalue weighted by Gasteiger charge is 2.41. The molecule has 2 aliphatic rings. The number of hydrogen-bond acceptors (Lipinski definition) is 3. The van der Waals surface area contributed by atoms with E-state index in [2.05, 4.69) is 17.2 Å². The highest BCUT2D eigenvalue weighted by atomic mass is 19.1. The van der Waals surface area contributed by atoms with Gasteiger partial charge in [-0.05, 0) is 37.5 Å². The maximum absolute atomic E-state index is 13.3. The molecule has 2 N–H and O–H groups in total. The summed E-state index contributed by atoms with van der Waals surface area (Å²) < 4.78 is 19.0. The van der Waals surface area contributed by atoms with Crippen molar-refractivity contribution < 1.29 is 19.0 Å². The van der Waals surface area contributed by atoms with E-state index in [1.54, 1.807) is 0 Å². The Morgan fingerprint density at radius 3 is 3.00 bits per heavy atom. The summed E-state index contributed by atoms with van der Waals surface area (Å²) in [5, 5.41) is 11.7. The molecule has 0 aromatic heterocycles. The molecule has 1 aromatic carbocycles. The molecule has 21 heavy (non-hydrogen) atoms. The fraction of sp³-hybridized carbons (Fsp3) is 0.438. The minimum Gasteiger partial charge on any atom is -0.384 e. The summed E-state index contributed by atoms with van der Waals surface area (Å²) in [6.45, 7) is -0.336. The molecule has 2 heterocycles. The van der Waals surface area contributed by atoms with Crippen LogP contribution in [0.4, 0.5) is 4.39 Å². The fourth-order valence-corrected chi connectivity index (χ4v) is 2.99. The molecule has 3 unspecified atom stereocenters. The van der Waals surface area contributed by atoms with Gasteiger partial charge in [-0.3, -0.25) is 4.79 Å². The van der Waals surface area contributed by atoms with Crippen LogP contribution < -0.4 is 5.32 Å². The SMILES string of the molecule is O=C(NC1CC2CCC1O2)c1ccc(F)cc1C#CCO. The van der Waals surface area contributed by atoms with Gasteiger partial charge in [0.15, 0.2) is 0 Å². The van der Waals surface area contributed by atoms with Crippen LogP contribution >= 0.6 is 0 Å². The summed E-state index contributed by atoms with van der Waals surface area (Å²) in [7, 11) is 0. The van der Waals surface area contributed by atoms with E-state index in [-0.39, 0.29) is 36.3 Å². The van der Waals surface area contributed by atoms with E-state index in [1.165, 1.54) is 18.2 Å². The van der Waals surface area contributed by atoms with Gasteiger partial charge in [-0.25, -0.2) is 4.39 Å². The number of benzene rings is 1. The zero-order valence-electron chi connectivity index (χ0n) is 11.4. The summed E-state index contributed by atoms with van der Waals surface area (Å²) in [6.07, 6.45) is 3.19. The molecule has 2 fully saturated rings. The van der Waals surface area contributed by atoms with Gasteiger partial charge in [0, 0.05) is 5.56 Å². The highest BCUT2D eigenvalue weighted by Crippen LogP contribution is 2.34. The number of nitrogens with one attached hydrogen (secondary N) is 1. The highest BCUT2D eigenvalue weighted by molar-refractivity contribution is 5.97. The number of fused-ring (bicyclic) bond motifs is 2. The van der Waals surface area contributed by atoms with E-state index < -0.39 is 5.82 Å². The number of rotatable bonds is 2. The first-order valence-electron chi connectivity index (χ1n) is 7.03. The minimum absolute atomic E-state index is 0.0138. The van der Waals surface area contributed by atoms with Crippen molar-refractivity contribution in [3.05, 3.63) is 35.1 Å². The normalized spacial score (nSPS) is 26.3. The molecule has 0 saturated carbocycles. The molecule has 3 rings (SSSR count). The first kappa shape index (κ1) is 14.1. The molecule has 1 aromatic rings. The Balaban J connectivity index is 1.78. The summed E-state index contributed by atoms with van der Waals surface area (Å²) >= 11 is 0. The first-order valence-corrected chi connectivity index (χ1v) is 7.03. The third-order valence-corrected chi connectivity index (χ3v) is 3.95. The van der Waals surface area contributed by atoms with Crippen molar-refractivity contribution in [1.82, 2.24) is 5.32 Å². The van der Waals surface area contributed by atoms with Crippen molar-refractivity contribution in [2.45, 2.75) is 37.5 Å². The average Bonchev–Trinajstić information content (AvgIpc) is 3.07. The van der Waals surface area contributed by atoms with Gasteiger partial charge >= 0.3 is 0 Å². The Kier molecular flexibility index (Phi) is 3.91. The first-order chi connectivity index (χ1) is 10.2. The number of ether oxygens (including phenoxy) is 1. The molecule has 5 heteroatoms. The lowest BCUT2D eigenvalue weighted by Gasteiger charge is -2.20.